The van der Waals surface area contributed by atoms with Gasteiger partial charge in [-0.15, -0.1) is 0 Å². The fourth-order valence-electron chi connectivity index (χ4n) is 4.21. The Labute approximate surface area is 229 Å². The Bertz CT molecular complexity index is 1420. The van der Waals surface area contributed by atoms with Gasteiger partial charge >= 0.3 is 5.56 Å². The first-order valence-electron chi connectivity index (χ1n) is 12.8. The number of ether oxygens (including phenoxy) is 2. The first kappa shape index (κ1) is 28.4. The van der Waals surface area contributed by atoms with Crippen molar-refractivity contribution in [1.82, 2.24) is 9.38 Å². The van der Waals surface area contributed by atoms with Crippen LogP contribution in [0.15, 0.2) is 41.3 Å². The topological polar surface area (TPSA) is 107 Å². The predicted molar refractivity (Wildman–Crippen MR) is 147 cm³/mol. The number of Topliss-reactive ketones (excluding diaryl/α,β-unsaturated/α-hetero) is 1. The van der Waals surface area contributed by atoms with Crippen molar-refractivity contribution in [2.75, 3.05) is 37.8 Å². The molecule has 1 aromatic carbocycles. The molecule has 3 heterocycles. The summed E-state index contributed by atoms with van der Waals surface area (Å²) in [6.07, 6.45) is 3.87. The second-order valence-electron chi connectivity index (χ2n) is 9.17. The third kappa shape index (κ3) is 6.72. The number of carbonyl (C=O) groups is 3. The number of pyridine rings is 1. The number of unbranched alkanes of at least 4 members (excludes halogenated alkanes) is 1. The number of anilines is 1. The number of aromatic nitrogens is 2. The second-order valence-corrected chi connectivity index (χ2v) is 10.4. The van der Waals surface area contributed by atoms with E-state index >= 15 is 0 Å². The molecule has 1 fully saturated rings. The molecule has 4 rings (SSSR count). The number of hydrogen-bond acceptors (Lipinski definition) is 9. The Morgan fingerprint density at radius 1 is 1.23 bits per heavy atom. The second kappa shape index (κ2) is 13.0. The van der Waals surface area contributed by atoms with E-state index in [1.54, 1.807) is 24.4 Å². The smallest absolute Gasteiger partial charge is 0.301 e. The van der Waals surface area contributed by atoms with Crippen molar-refractivity contribution in [3.63, 3.8) is 0 Å². The highest BCUT2D eigenvalue weighted by atomic mass is 32.2. The van der Waals surface area contributed by atoms with Gasteiger partial charge in [0.2, 0.25) is 10.9 Å². The van der Waals surface area contributed by atoms with Crippen molar-refractivity contribution >= 4 is 40.3 Å². The van der Waals surface area contributed by atoms with Crippen LogP contribution in [0.2, 0.25) is 0 Å². The van der Waals surface area contributed by atoms with Crippen molar-refractivity contribution in [2.24, 2.45) is 0 Å². The lowest BCUT2D eigenvalue weighted by atomic mass is 10.1. The summed E-state index contributed by atoms with van der Waals surface area (Å²) in [4.78, 5) is 58.1. The summed E-state index contributed by atoms with van der Waals surface area (Å²) in [5, 5.41) is -1.44. The standard InChI is InChI=1S/C28H30FN3O6S/c1-3-4-11-38-25-24(28(36)39-22(17-33)14-19-5-7-20(29)8-6-19)30-26-23(18(2)34)15-21(16-32(26)27(25)35)31-9-12-37-13-10-31/h5-8,15-17,22H,3-4,9-14H2,1-2H3. The highest BCUT2D eigenvalue weighted by Crippen LogP contribution is 2.27. The van der Waals surface area contributed by atoms with Gasteiger partial charge in [0.05, 0.1) is 36.3 Å². The van der Waals surface area contributed by atoms with Crippen LogP contribution in [0.25, 0.3) is 5.65 Å². The molecule has 39 heavy (non-hydrogen) atoms. The number of thioether (sulfide) groups is 1. The maximum absolute atomic E-state index is 13.7. The number of fused-ring (bicyclic) bond motifs is 1. The van der Waals surface area contributed by atoms with Crippen molar-refractivity contribution in [3.8, 4) is 5.75 Å². The molecule has 9 nitrogen and oxygen atoms in total. The van der Waals surface area contributed by atoms with Crippen molar-refractivity contribution in [1.29, 1.82) is 0 Å². The third-order valence-corrected chi connectivity index (χ3v) is 7.31. The molecular weight excluding hydrogens is 525 g/mol. The molecule has 0 N–H and O–H groups in total. The lowest BCUT2D eigenvalue weighted by Crippen LogP contribution is -2.37. The maximum Gasteiger partial charge on any atom is 0.301 e. The first-order chi connectivity index (χ1) is 18.8. The lowest BCUT2D eigenvalue weighted by molar-refractivity contribution is -0.107. The molecule has 1 saturated heterocycles. The molecule has 11 heteroatoms. The summed E-state index contributed by atoms with van der Waals surface area (Å²) < 4.78 is 25.7. The zero-order valence-electron chi connectivity index (χ0n) is 21.9. The lowest BCUT2D eigenvalue weighted by Gasteiger charge is -2.29. The molecule has 1 atom stereocenters. The summed E-state index contributed by atoms with van der Waals surface area (Å²) in [6, 6.07) is 7.31. The Morgan fingerprint density at radius 2 is 1.95 bits per heavy atom. The molecule has 206 valence electrons. The summed E-state index contributed by atoms with van der Waals surface area (Å²) in [5.41, 5.74) is 0.709. The van der Waals surface area contributed by atoms with Crippen LogP contribution in [0.3, 0.4) is 0 Å². The monoisotopic (exact) mass is 555 g/mol. The van der Waals surface area contributed by atoms with E-state index in [2.05, 4.69) is 4.98 Å². The number of halogens is 1. The zero-order chi connectivity index (χ0) is 27.9. The van der Waals surface area contributed by atoms with Crippen molar-refractivity contribution in [2.45, 2.75) is 38.4 Å². The van der Waals surface area contributed by atoms with E-state index in [1.807, 2.05) is 11.8 Å². The largest absolute Gasteiger partial charge is 0.486 e. The SMILES string of the molecule is CCCCOc1c(C(=O)SC(C=O)Cc2ccc(F)cc2)nc2c(C(C)=O)cc(N3CCOCC3)cn2c1=O. The Balaban J connectivity index is 1.77. The zero-order valence-corrected chi connectivity index (χ0v) is 22.7. The van der Waals surface area contributed by atoms with Gasteiger partial charge in [0.15, 0.2) is 17.1 Å². The summed E-state index contributed by atoms with van der Waals surface area (Å²) in [7, 11) is 0. The highest BCUT2D eigenvalue weighted by Gasteiger charge is 2.27. The van der Waals surface area contributed by atoms with Crippen LogP contribution in [0.1, 0.15) is 53.1 Å². The fraction of sp³-hybridized carbons (Fsp3) is 0.393. The molecule has 1 aliphatic heterocycles. The van der Waals surface area contributed by atoms with Crippen LogP contribution in [-0.2, 0) is 16.0 Å². The predicted octanol–water partition coefficient (Wildman–Crippen LogP) is 3.74. The maximum atomic E-state index is 13.7. The van der Waals surface area contributed by atoms with Crippen molar-refractivity contribution in [3.05, 3.63) is 69.5 Å². The van der Waals surface area contributed by atoms with Gasteiger partial charge in [0, 0.05) is 19.3 Å². The average molecular weight is 556 g/mol. The minimum absolute atomic E-state index is 0.0393. The van der Waals surface area contributed by atoms with Gasteiger partial charge in [0.1, 0.15) is 12.1 Å². The summed E-state index contributed by atoms with van der Waals surface area (Å²) in [6.45, 7) is 5.77. The minimum Gasteiger partial charge on any atom is -0.486 e. The van der Waals surface area contributed by atoms with Crippen LogP contribution < -0.4 is 15.2 Å². The van der Waals surface area contributed by atoms with Gasteiger partial charge in [0.25, 0.3) is 0 Å². The Hall–Kier alpha value is -3.57. The molecule has 0 amide bonds. The normalized spacial score (nSPS) is 14.3. The van der Waals surface area contributed by atoms with Crippen LogP contribution in [0, 0.1) is 5.82 Å². The third-order valence-electron chi connectivity index (χ3n) is 6.32. The molecule has 0 spiro atoms. The summed E-state index contributed by atoms with van der Waals surface area (Å²) in [5.74, 6) is -0.946. The van der Waals surface area contributed by atoms with E-state index in [1.165, 1.54) is 23.5 Å². The van der Waals surface area contributed by atoms with Gasteiger partial charge < -0.3 is 19.2 Å². The molecule has 1 aliphatic rings. The highest BCUT2D eigenvalue weighted by molar-refractivity contribution is 8.15. The van der Waals surface area contributed by atoms with Gasteiger partial charge in [-0.05, 0) is 43.5 Å². The van der Waals surface area contributed by atoms with E-state index < -0.39 is 21.7 Å². The number of ketones is 1. The van der Waals surface area contributed by atoms with Gasteiger partial charge in [-0.1, -0.05) is 37.2 Å². The molecule has 0 saturated carbocycles. The van der Waals surface area contributed by atoms with E-state index in [0.717, 1.165) is 6.42 Å². The van der Waals surface area contributed by atoms with E-state index in [-0.39, 0.29) is 41.5 Å². The first-order valence-corrected chi connectivity index (χ1v) is 13.7. The number of aldehydes is 1. The molecule has 0 bridgehead atoms. The number of benzene rings is 1. The van der Waals surface area contributed by atoms with Crippen LogP contribution in [0.5, 0.6) is 5.75 Å². The molecule has 0 aliphatic carbocycles. The minimum atomic E-state index is -0.803. The fourth-order valence-corrected chi connectivity index (χ4v) is 5.07. The van der Waals surface area contributed by atoms with Crippen LogP contribution in [0.4, 0.5) is 10.1 Å². The molecule has 3 aromatic rings. The number of rotatable bonds is 11. The Kier molecular flexibility index (Phi) is 9.47. The van der Waals surface area contributed by atoms with Crippen molar-refractivity contribution < 1.29 is 28.2 Å². The quantitative estimate of drug-likeness (QED) is 0.199. The molecular formula is C28H30FN3O6S. The van der Waals surface area contributed by atoms with Crippen LogP contribution >= 0.6 is 11.8 Å². The van der Waals surface area contributed by atoms with Gasteiger partial charge in [-0.2, -0.15) is 0 Å². The molecule has 2 aromatic heterocycles. The van der Waals surface area contributed by atoms with E-state index in [4.69, 9.17) is 9.47 Å². The van der Waals surface area contributed by atoms with Gasteiger partial charge in [-0.25, -0.2) is 9.37 Å². The number of nitrogens with zero attached hydrogens (tertiary/aromatic N) is 3. The number of morpholine rings is 1. The summed E-state index contributed by atoms with van der Waals surface area (Å²) >= 11 is 0.709. The Morgan fingerprint density at radius 3 is 2.59 bits per heavy atom. The molecule has 0 radical (unpaired) electrons. The van der Waals surface area contributed by atoms with E-state index in [0.29, 0.717) is 62.0 Å². The van der Waals surface area contributed by atoms with E-state index in [9.17, 15) is 23.6 Å². The average Bonchev–Trinajstić information content (AvgIpc) is 2.94. The van der Waals surface area contributed by atoms with Crippen LogP contribution in [-0.4, -0.2) is 64.7 Å². The van der Waals surface area contributed by atoms with Gasteiger partial charge in [-0.3, -0.25) is 18.8 Å². The molecule has 1 unspecified atom stereocenters. The number of carbonyl (C=O) groups excluding carboxylic acids is 3. The number of hydrogen-bond donors (Lipinski definition) is 0.